The zero-order valence-corrected chi connectivity index (χ0v) is 39.0. The van der Waals surface area contributed by atoms with Crippen LogP contribution in [0.15, 0.2) is 41.1 Å². The van der Waals surface area contributed by atoms with Crippen molar-refractivity contribution in [2.75, 3.05) is 0 Å². The normalized spacial score (nSPS) is 10.1. The molecule has 50 heteroatoms. The molecular formula is C14H15B47BrN2. The zero-order chi connectivity index (χ0) is 49.9. The highest BCUT2D eigenvalue weighted by Gasteiger charge is 2.59. The molecule has 2 rings (SSSR count). The third kappa shape index (κ3) is 18.1. The number of nitrogens with zero attached hydrogens (tertiary/aromatic N) is 2. The Morgan fingerprint density at radius 3 is 0.906 bits per heavy atom. The number of halogens is 1. The van der Waals surface area contributed by atoms with Crippen LogP contribution in [0, 0.1) is 0 Å². The molecule has 2 heterocycles. The lowest BCUT2D eigenvalue weighted by molar-refractivity contribution is 0.569. The summed E-state index contributed by atoms with van der Waals surface area (Å²) in [5, 5.41) is 0. The molecule has 0 aliphatic rings. The highest BCUT2D eigenvalue weighted by Crippen LogP contribution is 2.24. The molecule has 0 bridgehead atoms. The molecule has 229 valence electrons. The summed E-state index contributed by atoms with van der Waals surface area (Å²) in [6.45, 7) is 6.48. The predicted octanol–water partition coefficient (Wildman–Crippen LogP) is -13.7. The van der Waals surface area contributed by atoms with E-state index in [2.05, 4.69) is 58.8 Å². The van der Waals surface area contributed by atoms with Crippen LogP contribution in [0.4, 0.5) is 0 Å². The molecule has 0 aliphatic carbocycles. The van der Waals surface area contributed by atoms with Crippen molar-refractivity contribution in [2.45, 2.75) is 26.2 Å². The molecule has 2 nitrogen and oxygen atoms in total. The van der Waals surface area contributed by atoms with Gasteiger partial charge >= 0.3 is 0 Å². The number of pyridine rings is 2. The highest BCUT2D eigenvalue weighted by atomic mass is 79.9. The number of hydrogen-bond donors (Lipinski definition) is 0. The van der Waals surface area contributed by atoms with Crippen molar-refractivity contribution >= 4 is 349 Å². The van der Waals surface area contributed by atoms with E-state index < -0.39 is 140 Å². The molecule has 0 fully saturated rings. The molecule has 0 unspecified atom stereocenters. The van der Waals surface area contributed by atoms with Gasteiger partial charge in [-0.2, -0.15) is 0 Å². The summed E-state index contributed by atoms with van der Waals surface area (Å²) in [6, 6.07) is 8.11. The maximum atomic E-state index is 6.58. The first-order valence-electron chi connectivity index (χ1n) is 20.9. The summed E-state index contributed by atoms with van der Waals surface area (Å²) >= 11 is 3.38. The molecule has 0 spiro atoms. The van der Waals surface area contributed by atoms with Crippen LogP contribution in [-0.4, -0.2) is 343 Å². The SMILES string of the molecule is CC(C)(C)c1ccc(-c2ccc(Br)cn2)cn1.[B][B]B([B])B(B([B])[B])B(B(B([B])[B])B([B])[B])B(B(B(B([B])[B])B([B])[B])B(B([B])[B])B([B])[B])B(B(B([B])[B])B([B])[B])B(B([B])[B])B([B])[B]. The van der Waals surface area contributed by atoms with E-state index in [1.807, 2.05) is 18.3 Å². The van der Waals surface area contributed by atoms with Crippen molar-refractivity contribution in [3.8, 4) is 11.3 Å². The largest absolute Gasteiger partial charge is 0.260 e. The highest BCUT2D eigenvalue weighted by molar-refractivity contribution is 9.10. The Balaban J connectivity index is 0.000000988. The van der Waals surface area contributed by atoms with E-state index in [1.165, 1.54) is 0 Å². The van der Waals surface area contributed by atoms with Gasteiger partial charge in [-0.25, -0.2) is 0 Å². The summed E-state index contributed by atoms with van der Waals surface area (Å²) in [5.74, 6) is 0. The fraction of sp³-hybridized carbons (Fsp3) is 0.286. The van der Waals surface area contributed by atoms with Gasteiger partial charge in [0.1, 0.15) is 0 Å². The minimum Gasteiger partial charge on any atom is -0.260 e. The second-order valence-corrected chi connectivity index (χ2v) is 18.9. The van der Waals surface area contributed by atoms with Crippen LogP contribution in [0.25, 0.3) is 11.3 Å². The van der Waals surface area contributed by atoms with Gasteiger partial charge in [0.15, 0.2) is 0 Å². The van der Waals surface area contributed by atoms with Crippen molar-refractivity contribution in [1.29, 1.82) is 0 Å². The molecule has 2 aromatic heterocycles. The average molecular weight is 799 g/mol. The van der Waals surface area contributed by atoms with Crippen LogP contribution in [0.5, 0.6) is 0 Å². The van der Waals surface area contributed by atoms with Gasteiger partial charge in [-0.3, -0.25) is 9.97 Å². The summed E-state index contributed by atoms with van der Waals surface area (Å²) in [4.78, 5) is 8.85. The summed E-state index contributed by atoms with van der Waals surface area (Å²) in [7, 11) is 154. The monoisotopic (exact) mass is 807 g/mol. The molecule has 0 amide bonds. The molecule has 0 saturated heterocycles. The van der Waals surface area contributed by atoms with E-state index in [0.717, 1.165) is 28.5 Å². The van der Waals surface area contributed by atoms with Crippen molar-refractivity contribution in [3.05, 3.63) is 46.8 Å². The van der Waals surface area contributed by atoms with E-state index in [1.54, 1.807) is 6.20 Å². The van der Waals surface area contributed by atoms with Crippen LogP contribution < -0.4 is 0 Å². The van der Waals surface area contributed by atoms with E-state index in [0.29, 0.717) is 0 Å². The molecule has 0 atom stereocenters. The van der Waals surface area contributed by atoms with Crippen molar-refractivity contribution in [2.24, 2.45) is 0 Å². The fourth-order valence-corrected chi connectivity index (χ4v) is 9.60. The Morgan fingerprint density at radius 2 is 0.688 bits per heavy atom. The van der Waals surface area contributed by atoms with Gasteiger partial charge in [-0.15, -0.1) is 0 Å². The smallest absolute Gasteiger partial charge is 0.0718 e. The molecule has 2 aromatic rings. The Kier molecular flexibility index (Phi) is 29.3. The fourth-order valence-electron chi connectivity index (χ4n) is 9.36. The van der Waals surface area contributed by atoms with Crippen molar-refractivity contribution in [1.82, 2.24) is 9.97 Å². The first-order valence-corrected chi connectivity index (χ1v) is 21.7. The predicted molar refractivity (Wildman–Crippen MR) is 344 cm³/mol. The van der Waals surface area contributed by atoms with E-state index in [9.17, 15) is 0 Å². The first kappa shape index (κ1) is 63.8. The Hall–Kier alpha value is 1.83. The minimum atomic E-state index is -1.30. The summed E-state index contributed by atoms with van der Waals surface area (Å²) < 4.78 is 0.987. The lowest BCUT2D eigenvalue weighted by Crippen LogP contribution is -2.94. The van der Waals surface area contributed by atoms with Crippen LogP contribution in [-0.2, 0) is 5.41 Å². The molecule has 0 aromatic carbocycles. The second-order valence-electron chi connectivity index (χ2n) is 17.9. The Bertz CT molecular complexity index is 1440. The van der Waals surface area contributed by atoms with Gasteiger partial charge in [0, 0.05) is 367 Å². The minimum absolute atomic E-state index is 0.0890. The van der Waals surface area contributed by atoms with Gasteiger partial charge in [-0.1, -0.05) is 20.8 Å². The maximum Gasteiger partial charge on any atom is 0.0718 e. The summed E-state index contributed by atoms with van der Waals surface area (Å²) in [6.07, 6.45) is -23.3. The topological polar surface area (TPSA) is 25.8 Å². The first-order chi connectivity index (χ1) is 29.4. The van der Waals surface area contributed by atoms with Crippen LogP contribution >= 0.6 is 15.9 Å². The zero-order valence-electron chi connectivity index (χ0n) is 37.4. The van der Waals surface area contributed by atoms with Crippen LogP contribution in [0.1, 0.15) is 26.5 Å². The molecule has 49 radical (unpaired) electrons. The third-order valence-electron chi connectivity index (χ3n) is 12.1. The lowest BCUT2D eigenvalue weighted by atomic mass is 8.25. The van der Waals surface area contributed by atoms with Crippen molar-refractivity contribution < 1.29 is 0 Å². The van der Waals surface area contributed by atoms with Crippen molar-refractivity contribution in [3.63, 3.8) is 0 Å². The summed E-state index contributed by atoms with van der Waals surface area (Å²) in [5.41, 5.74) is 3.18. The van der Waals surface area contributed by atoms with E-state index in [4.69, 9.17) is 186 Å². The molecular weight excluding hydrogens is 784 g/mol. The lowest BCUT2D eigenvalue weighted by Gasteiger charge is -2.56. The second kappa shape index (κ2) is 29.4. The van der Waals surface area contributed by atoms with Gasteiger partial charge in [-0.05, 0) is 40.2 Å². The van der Waals surface area contributed by atoms with Crippen LogP contribution in [0.3, 0.4) is 0 Å². The van der Waals surface area contributed by atoms with Gasteiger partial charge in [0.05, 0.1) is 5.69 Å². The standard InChI is InChI=1S/C14H15BrN2.B47/c1-14(2,3)13-7-4-10(8-17-13)12-6-5-11(15)9-16-12;1-25-37(24)43(36(22)23)46(42(34(18)19)35(20)21)47(44(38(26(2)3)27(4)5)39(28(6)7)29(8)9)45(40(30(10)11)31(12)13)41(32(14)15)33(16)17/h4-9H,1-3H3;. The van der Waals surface area contributed by atoms with E-state index >= 15 is 0 Å². The number of aromatic nitrogens is 2. The van der Waals surface area contributed by atoms with Crippen LogP contribution in [0.2, 0.25) is 0 Å². The quantitative estimate of drug-likeness (QED) is 0.105. The van der Waals surface area contributed by atoms with Gasteiger partial charge in [0.2, 0.25) is 0 Å². The van der Waals surface area contributed by atoms with Gasteiger partial charge < -0.3 is 0 Å². The Morgan fingerprint density at radius 1 is 0.391 bits per heavy atom. The third-order valence-corrected chi connectivity index (χ3v) is 12.6. The molecule has 0 aliphatic heterocycles. The molecule has 64 heavy (non-hydrogen) atoms. The number of rotatable bonds is 23. The molecule has 0 saturated carbocycles. The average Bonchev–Trinajstić information content (AvgIpc) is 3.13. The Labute approximate surface area is 439 Å². The van der Waals surface area contributed by atoms with Gasteiger partial charge in [0.25, 0.3) is 0 Å². The van der Waals surface area contributed by atoms with E-state index in [-0.39, 0.29) is 5.41 Å². The molecule has 0 N–H and O–H groups in total. The maximum absolute atomic E-state index is 6.58. The number of hydrogen-bond acceptors (Lipinski definition) is 2.